The summed E-state index contributed by atoms with van der Waals surface area (Å²) in [6.07, 6.45) is 10.7. The second kappa shape index (κ2) is 9.38. The molecule has 1 aliphatic rings. The van der Waals surface area contributed by atoms with E-state index in [0.717, 1.165) is 24.8 Å². The number of carboxylic acids is 1. The van der Waals surface area contributed by atoms with Gasteiger partial charge >= 0.3 is 5.97 Å². The number of nitrogens with one attached hydrogen (secondary N) is 1. The molecule has 1 saturated carbocycles. The molecule has 3 heteroatoms. The zero-order valence-corrected chi connectivity index (χ0v) is 13.5. The summed E-state index contributed by atoms with van der Waals surface area (Å²) in [5, 5.41) is 12.3. The van der Waals surface area contributed by atoms with Gasteiger partial charge in [0.15, 0.2) is 0 Å². The molecule has 1 aliphatic carbocycles. The summed E-state index contributed by atoms with van der Waals surface area (Å²) in [6, 6.07) is -0.397. The second-order valence-corrected chi connectivity index (χ2v) is 6.89. The Morgan fingerprint density at radius 3 is 2.35 bits per heavy atom. The molecule has 0 amide bonds. The van der Waals surface area contributed by atoms with E-state index in [2.05, 4.69) is 12.2 Å². The van der Waals surface area contributed by atoms with Crippen LogP contribution in [-0.2, 0) is 4.79 Å². The molecule has 0 radical (unpaired) electrons. The molecule has 0 aromatic heterocycles. The average molecular weight is 283 g/mol. The van der Waals surface area contributed by atoms with Crippen molar-refractivity contribution in [2.24, 2.45) is 17.8 Å². The highest BCUT2D eigenvalue weighted by Crippen LogP contribution is 2.32. The van der Waals surface area contributed by atoms with Gasteiger partial charge < -0.3 is 10.4 Å². The minimum Gasteiger partial charge on any atom is -0.480 e. The molecular weight excluding hydrogens is 250 g/mol. The van der Waals surface area contributed by atoms with Gasteiger partial charge in [-0.1, -0.05) is 65.7 Å². The van der Waals surface area contributed by atoms with Crippen molar-refractivity contribution in [2.75, 3.05) is 6.54 Å². The third-order valence-corrected chi connectivity index (χ3v) is 4.84. The lowest BCUT2D eigenvalue weighted by Crippen LogP contribution is -2.41. The highest BCUT2D eigenvalue weighted by atomic mass is 16.4. The van der Waals surface area contributed by atoms with Gasteiger partial charge in [-0.25, -0.2) is 0 Å². The fraction of sp³-hybridized carbons (Fsp3) is 0.941. The van der Waals surface area contributed by atoms with Crippen LogP contribution in [0.1, 0.15) is 72.1 Å². The third-order valence-electron chi connectivity index (χ3n) is 4.84. The number of aliphatic carboxylic acids is 1. The Hall–Kier alpha value is -0.570. The number of carbonyl (C=O) groups is 1. The highest BCUT2D eigenvalue weighted by Gasteiger charge is 2.21. The molecule has 0 aromatic rings. The Kier molecular flexibility index (Phi) is 8.20. The average Bonchev–Trinajstić information content (AvgIpc) is 2.42. The molecule has 0 saturated heterocycles. The predicted octanol–water partition coefficient (Wildman–Crippen LogP) is 4.07. The van der Waals surface area contributed by atoms with Crippen LogP contribution in [0.2, 0.25) is 0 Å². The van der Waals surface area contributed by atoms with Crippen molar-refractivity contribution in [2.45, 2.75) is 78.2 Å². The lowest BCUT2D eigenvalue weighted by atomic mass is 9.79. The first kappa shape index (κ1) is 17.5. The van der Waals surface area contributed by atoms with Crippen LogP contribution in [0.25, 0.3) is 0 Å². The molecule has 1 fully saturated rings. The van der Waals surface area contributed by atoms with E-state index in [1.807, 2.05) is 13.8 Å². The predicted molar refractivity (Wildman–Crippen MR) is 83.9 cm³/mol. The van der Waals surface area contributed by atoms with Gasteiger partial charge in [0.1, 0.15) is 6.04 Å². The van der Waals surface area contributed by atoms with Crippen LogP contribution >= 0.6 is 0 Å². The molecule has 2 unspecified atom stereocenters. The van der Waals surface area contributed by atoms with Crippen LogP contribution in [0.5, 0.6) is 0 Å². The number of hydrogen-bond acceptors (Lipinski definition) is 2. The Morgan fingerprint density at radius 1 is 1.15 bits per heavy atom. The molecule has 2 N–H and O–H groups in total. The van der Waals surface area contributed by atoms with Gasteiger partial charge in [0.2, 0.25) is 0 Å². The van der Waals surface area contributed by atoms with Crippen LogP contribution in [0.3, 0.4) is 0 Å². The van der Waals surface area contributed by atoms with E-state index < -0.39 is 12.0 Å². The number of rotatable bonds is 9. The fourth-order valence-corrected chi connectivity index (χ4v) is 3.40. The minimum absolute atomic E-state index is 0.147. The summed E-state index contributed by atoms with van der Waals surface area (Å²) in [7, 11) is 0. The zero-order valence-electron chi connectivity index (χ0n) is 13.5. The number of unbranched alkanes of at least 4 members (excludes halogenated alkanes) is 1. The van der Waals surface area contributed by atoms with Gasteiger partial charge in [0.05, 0.1) is 0 Å². The van der Waals surface area contributed by atoms with Crippen LogP contribution in [0.15, 0.2) is 0 Å². The fourth-order valence-electron chi connectivity index (χ4n) is 3.40. The van der Waals surface area contributed by atoms with Gasteiger partial charge in [-0.05, 0) is 30.7 Å². The summed E-state index contributed by atoms with van der Waals surface area (Å²) >= 11 is 0. The highest BCUT2D eigenvalue weighted by molar-refractivity contribution is 5.73. The molecule has 0 aliphatic heterocycles. The van der Waals surface area contributed by atoms with Crippen LogP contribution in [0, 0.1) is 17.8 Å². The van der Waals surface area contributed by atoms with Crippen molar-refractivity contribution < 1.29 is 9.90 Å². The van der Waals surface area contributed by atoms with Gasteiger partial charge in [-0.15, -0.1) is 0 Å². The van der Waals surface area contributed by atoms with E-state index in [0.29, 0.717) is 0 Å². The van der Waals surface area contributed by atoms with Crippen LogP contribution in [0.4, 0.5) is 0 Å². The summed E-state index contributed by atoms with van der Waals surface area (Å²) in [5.74, 6) is 1.21. The molecule has 0 bridgehead atoms. The minimum atomic E-state index is -0.726. The summed E-state index contributed by atoms with van der Waals surface area (Å²) in [4.78, 5) is 11.1. The van der Waals surface area contributed by atoms with Crippen molar-refractivity contribution in [1.29, 1.82) is 0 Å². The van der Waals surface area contributed by atoms with Crippen LogP contribution < -0.4 is 5.32 Å². The Morgan fingerprint density at radius 2 is 1.80 bits per heavy atom. The van der Waals surface area contributed by atoms with Crippen LogP contribution in [-0.4, -0.2) is 23.7 Å². The first-order valence-corrected chi connectivity index (χ1v) is 8.48. The SMILES string of the molecule is CC(C)C(NCCCCC(C)C1CCCCC1)C(=O)O. The first-order chi connectivity index (χ1) is 9.52. The van der Waals surface area contributed by atoms with Crippen molar-refractivity contribution in [3.63, 3.8) is 0 Å². The molecule has 20 heavy (non-hydrogen) atoms. The van der Waals surface area contributed by atoms with Gasteiger partial charge in [-0.2, -0.15) is 0 Å². The monoisotopic (exact) mass is 283 g/mol. The van der Waals surface area contributed by atoms with E-state index in [-0.39, 0.29) is 5.92 Å². The maximum atomic E-state index is 11.1. The summed E-state index contributed by atoms with van der Waals surface area (Å²) < 4.78 is 0. The van der Waals surface area contributed by atoms with E-state index in [4.69, 9.17) is 5.11 Å². The maximum Gasteiger partial charge on any atom is 0.320 e. The zero-order chi connectivity index (χ0) is 15.0. The van der Waals surface area contributed by atoms with E-state index in [1.165, 1.54) is 44.9 Å². The standard InChI is InChI=1S/C17H33NO2/c1-13(2)16(17(19)20)18-12-8-7-9-14(3)15-10-5-4-6-11-15/h13-16,18H,4-12H2,1-3H3,(H,19,20). The Labute approximate surface area is 124 Å². The van der Waals surface area contributed by atoms with Crippen molar-refractivity contribution >= 4 is 5.97 Å². The van der Waals surface area contributed by atoms with Gasteiger partial charge in [-0.3, -0.25) is 4.79 Å². The second-order valence-electron chi connectivity index (χ2n) is 6.89. The Bertz CT molecular complexity index is 272. The topological polar surface area (TPSA) is 49.3 Å². The van der Waals surface area contributed by atoms with E-state index in [1.54, 1.807) is 0 Å². The molecule has 2 atom stereocenters. The Balaban J connectivity index is 2.10. The molecule has 1 rings (SSSR count). The smallest absolute Gasteiger partial charge is 0.320 e. The first-order valence-electron chi connectivity index (χ1n) is 8.48. The largest absolute Gasteiger partial charge is 0.480 e. The molecule has 0 spiro atoms. The summed E-state index contributed by atoms with van der Waals surface area (Å²) in [5.41, 5.74) is 0. The quantitative estimate of drug-likeness (QED) is 0.627. The lowest BCUT2D eigenvalue weighted by Gasteiger charge is -2.27. The van der Waals surface area contributed by atoms with Gasteiger partial charge in [0, 0.05) is 0 Å². The van der Waals surface area contributed by atoms with Gasteiger partial charge in [0.25, 0.3) is 0 Å². The molecule has 3 nitrogen and oxygen atoms in total. The molecular formula is C17H33NO2. The summed E-state index contributed by atoms with van der Waals surface area (Å²) in [6.45, 7) is 7.14. The number of carboxylic acid groups (broad SMARTS) is 1. The maximum absolute atomic E-state index is 11.1. The lowest BCUT2D eigenvalue weighted by molar-refractivity contribution is -0.140. The number of hydrogen-bond donors (Lipinski definition) is 2. The van der Waals surface area contributed by atoms with Crippen molar-refractivity contribution in [3.05, 3.63) is 0 Å². The van der Waals surface area contributed by atoms with Crippen molar-refractivity contribution in [3.8, 4) is 0 Å². The molecule has 0 aromatic carbocycles. The normalized spacial score (nSPS) is 20.0. The van der Waals surface area contributed by atoms with Crippen molar-refractivity contribution in [1.82, 2.24) is 5.32 Å². The van der Waals surface area contributed by atoms with E-state index >= 15 is 0 Å². The molecule has 118 valence electrons. The van der Waals surface area contributed by atoms with E-state index in [9.17, 15) is 4.79 Å². The molecule has 0 heterocycles. The third kappa shape index (κ3) is 6.25.